The number of aromatic carboxylic acids is 1. The number of carboxylic acids is 1. The van der Waals surface area contributed by atoms with E-state index in [1.54, 1.807) is 12.1 Å². The normalized spacial score (nSPS) is 10.0. The highest BCUT2D eigenvalue weighted by molar-refractivity contribution is 5.89. The van der Waals surface area contributed by atoms with Gasteiger partial charge in [0.05, 0.1) is 16.9 Å². The first-order valence-corrected chi connectivity index (χ1v) is 6.71. The van der Waals surface area contributed by atoms with E-state index in [1.165, 1.54) is 0 Å². The van der Waals surface area contributed by atoms with Crippen molar-refractivity contribution in [2.45, 2.75) is 33.4 Å². The molecule has 0 aliphatic carbocycles. The van der Waals surface area contributed by atoms with Gasteiger partial charge in [0.15, 0.2) is 0 Å². The fourth-order valence-electron chi connectivity index (χ4n) is 2.11. The van der Waals surface area contributed by atoms with Gasteiger partial charge in [-0.05, 0) is 25.0 Å². The van der Waals surface area contributed by atoms with Gasteiger partial charge < -0.3 is 10.4 Å². The molecule has 0 atom stereocenters. The molecule has 114 valence electrons. The van der Waals surface area contributed by atoms with Crippen LogP contribution in [0.25, 0.3) is 0 Å². The minimum atomic E-state index is -0.902. The van der Waals surface area contributed by atoms with Gasteiger partial charge >= 0.3 is 5.97 Å². The van der Waals surface area contributed by atoms with Gasteiger partial charge in [-0.3, -0.25) is 4.68 Å². The molecule has 0 bridgehead atoms. The average Bonchev–Trinajstić information content (AvgIpc) is 2.77. The van der Waals surface area contributed by atoms with Crippen molar-refractivity contribution in [3.05, 3.63) is 47.3 Å². The lowest BCUT2D eigenvalue weighted by atomic mass is 10.1. The largest absolute Gasteiger partial charge is 0.478 e. The van der Waals surface area contributed by atoms with E-state index in [0.717, 1.165) is 29.9 Å². The molecule has 0 saturated carbocycles. The summed E-state index contributed by atoms with van der Waals surface area (Å²) < 4.78 is 1.90. The highest BCUT2D eigenvalue weighted by Gasteiger charge is 2.10. The molecule has 2 N–H and O–H groups in total. The van der Waals surface area contributed by atoms with E-state index < -0.39 is 5.97 Å². The fraction of sp³-hybridized carbons (Fsp3) is 0.333. The number of carbonyl (C=O) groups is 1. The average molecular weight is 310 g/mol. The Kier molecular flexibility index (Phi) is 6.24. The second-order valence-corrected chi connectivity index (χ2v) is 4.71. The van der Waals surface area contributed by atoms with Gasteiger partial charge in [-0.1, -0.05) is 25.1 Å². The molecule has 0 saturated heterocycles. The number of aromatic nitrogens is 2. The van der Waals surface area contributed by atoms with E-state index in [1.807, 2.05) is 29.9 Å². The number of carboxylic acid groups (broad SMARTS) is 1. The van der Waals surface area contributed by atoms with Gasteiger partial charge in [0.2, 0.25) is 0 Å². The molecule has 1 aromatic carbocycles. The second kappa shape index (κ2) is 7.69. The van der Waals surface area contributed by atoms with Crippen LogP contribution in [0.3, 0.4) is 0 Å². The zero-order chi connectivity index (χ0) is 14.5. The topological polar surface area (TPSA) is 67.2 Å². The Hall–Kier alpha value is -2.01. The number of benzene rings is 1. The molecule has 0 unspecified atom stereocenters. The van der Waals surface area contributed by atoms with Crippen LogP contribution in [0, 0.1) is 6.92 Å². The van der Waals surface area contributed by atoms with Crippen molar-refractivity contribution in [2.24, 2.45) is 0 Å². The molecule has 0 amide bonds. The first-order chi connectivity index (χ1) is 9.61. The van der Waals surface area contributed by atoms with E-state index in [-0.39, 0.29) is 12.4 Å². The minimum Gasteiger partial charge on any atom is -0.478 e. The Morgan fingerprint density at radius 3 is 2.76 bits per heavy atom. The summed E-state index contributed by atoms with van der Waals surface area (Å²) >= 11 is 0. The monoisotopic (exact) mass is 309 g/mol. The maximum absolute atomic E-state index is 11.1. The number of rotatable bonds is 6. The third-order valence-electron chi connectivity index (χ3n) is 3.12. The lowest BCUT2D eigenvalue weighted by molar-refractivity contribution is 0.0696. The first kappa shape index (κ1) is 17.0. The van der Waals surface area contributed by atoms with Crippen LogP contribution in [0.1, 0.15) is 35.0 Å². The molecule has 6 heteroatoms. The third-order valence-corrected chi connectivity index (χ3v) is 3.12. The quantitative estimate of drug-likeness (QED) is 0.859. The number of hydrogen-bond donors (Lipinski definition) is 2. The third kappa shape index (κ3) is 4.23. The first-order valence-electron chi connectivity index (χ1n) is 6.71. The van der Waals surface area contributed by atoms with E-state index in [2.05, 4.69) is 17.3 Å². The van der Waals surface area contributed by atoms with Gasteiger partial charge in [0.1, 0.15) is 0 Å². The van der Waals surface area contributed by atoms with Crippen molar-refractivity contribution in [3.63, 3.8) is 0 Å². The van der Waals surface area contributed by atoms with Crippen LogP contribution in [0.15, 0.2) is 30.5 Å². The molecule has 2 rings (SSSR count). The molecule has 2 aromatic rings. The van der Waals surface area contributed by atoms with Crippen molar-refractivity contribution in [1.29, 1.82) is 0 Å². The number of anilines is 1. The van der Waals surface area contributed by atoms with Gasteiger partial charge in [-0.2, -0.15) is 5.10 Å². The van der Waals surface area contributed by atoms with Crippen LogP contribution in [0.2, 0.25) is 0 Å². The standard InChI is InChI=1S/C15H19N3O2.ClH/c1-3-8-18-10-14(11(2)17-18)16-9-12-6-4-5-7-13(12)15(19)20;/h4-7,10,16H,3,8-9H2,1-2H3,(H,19,20);1H. The predicted octanol–water partition coefficient (Wildman–Crippen LogP) is 3.33. The zero-order valence-corrected chi connectivity index (χ0v) is 13.0. The number of hydrogen-bond acceptors (Lipinski definition) is 3. The summed E-state index contributed by atoms with van der Waals surface area (Å²) in [6.07, 6.45) is 2.99. The summed E-state index contributed by atoms with van der Waals surface area (Å²) in [6, 6.07) is 7.02. The number of nitrogens with one attached hydrogen (secondary N) is 1. The summed E-state index contributed by atoms with van der Waals surface area (Å²) in [5, 5.41) is 16.8. The highest BCUT2D eigenvalue weighted by Crippen LogP contribution is 2.16. The lowest BCUT2D eigenvalue weighted by Crippen LogP contribution is -2.07. The van der Waals surface area contributed by atoms with Crippen molar-refractivity contribution in [3.8, 4) is 0 Å². The molecule has 1 aromatic heterocycles. The highest BCUT2D eigenvalue weighted by atomic mass is 35.5. The molecule has 0 aliphatic heterocycles. The van der Waals surface area contributed by atoms with Crippen molar-refractivity contribution in [1.82, 2.24) is 9.78 Å². The van der Waals surface area contributed by atoms with Crippen molar-refractivity contribution < 1.29 is 9.90 Å². The molecule has 0 spiro atoms. The molecular weight excluding hydrogens is 290 g/mol. The van der Waals surface area contributed by atoms with Crippen LogP contribution in [-0.2, 0) is 13.1 Å². The molecule has 5 nitrogen and oxygen atoms in total. The zero-order valence-electron chi connectivity index (χ0n) is 12.2. The Labute approximate surface area is 130 Å². The number of halogens is 1. The number of nitrogens with zero attached hydrogens (tertiary/aromatic N) is 2. The molecule has 0 aliphatic rings. The summed E-state index contributed by atoms with van der Waals surface area (Å²) in [6.45, 7) is 5.40. The Morgan fingerprint density at radius 1 is 1.38 bits per heavy atom. The van der Waals surface area contributed by atoms with E-state index >= 15 is 0 Å². The number of aryl methyl sites for hydroxylation is 2. The van der Waals surface area contributed by atoms with E-state index in [4.69, 9.17) is 5.11 Å². The lowest BCUT2D eigenvalue weighted by Gasteiger charge is -2.07. The Balaban J connectivity index is 0.00000220. The van der Waals surface area contributed by atoms with E-state index in [0.29, 0.717) is 12.1 Å². The fourth-order valence-corrected chi connectivity index (χ4v) is 2.11. The van der Waals surface area contributed by atoms with Crippen molar-refractivity contribution >= 4 is 24.1 Å². The van der Waals surface area contributed by atoms with Crippen LogP contribution in [0.5, 0.6) is 0 Å². The van der Waals surface area contributed by atoms with Crippen molar-refractivity contribution in [2.75, 3.05) is 5.32 Å². The molecule has 1 heterocycles. The van der Waals surface area contributed by atoms with Crippen LogP contribution < -0.4 is 5.32 Å². The summed E-state index contributed by atoms with van der Waals surface area (Å²) in [5.41, 5.74) is 2.96. The van der Waals surface area contributed by atoms with E-state index in [9.17, 15) is 4.79 Å². The summed E-state index contributed by atoms with van der Waals surface area (Å²) in [4.78, 5) is 11.1. The maximum atomic E-state index is 11.1. The van der Waals surface area contributed by atoms with Crippen LogP contribution >= 0.6 is 12.4 Å². The summed E-state index contributed by atoms with van der Waals surface area (Å²) in [7, 11) is 0. The van der Waals surface area contributed by atoms with Gasteiger partial charge in [0, 0.05) is 19.3 Å². The van der Waals surface area contributed by atoms with Crippen LogP contribution in [-0.4, -0.2) is 20.9 Å². The van der Waals surface area contributed by atoms with Gasteiger partial charge in [0.25, 0.3) is 0 Å². The maximum Gasteiger partial charge on any atom is 0.336 e. The van der Waals surface area contributed by atoms with Gasteiger partial charge in [-0.25, -0.2) is 4.79 Å². The summed E-state index contributed by atoms with van der Waals surface area (Å²) in [5.74, 6) is -0.902. The molecule has 0 radical (unpaired) electrons. The molecule has 0 fully saturated rings. The SMILES string of the molecule is CCCn1cc(NCc2ccccc2C(=O)O)c(C)n1.Cl. The molecule has 21 heavy (non-hydrogen) atoms. The van der Waals surface area contributed by atoms with Crippen LogP contribution in [0.4, 0.5) is 5.69 Å². The smallest absolute Gasteiger partial charge is 0.336 e. The Morgan fingerprint density at radius 2 is 2.10 bits per heavy atom. The minimum absolute atomic E-state index is 0. The predicted molar refractivity (Wildman–Crippen MR) is 85.2 cm³/mol. The Bertz CT molecular complexity index is 611. The molecular formula is C15H20ClN3O2. The van der Waals surface area contributed by atoms with Gasteiger partial charge in [-0.15, -0.1) is 12.4 Å². The second-order valence-electron chi connectivity index (χ2n) is 4.71.